The van der Waals surface area contributed by atoms with E-state index in [0.29, 0.717) is 37.7 Å². The fourth-order valence-corrected chi connectivity index (χ4v) is 3.71. The Morgan fingerprint density at radius 2 is 1.76 bits per heavy atom. The highest BCUT2D eigenvalue weighted by Crippen LogP contribution is 2.35. The van der Waals surface area contributed by atoms with Crippen LogP contribution in [0.3, 0.4) is 0 Å². The molecule has 10 heteroatoms. The first-order chi connectivity index (χ1) is 16.1. The Hall–Kier alpha value is -3.95. The van der Waals surface area contributed by atoms with Gasteiger partial charge in [0.2, 0.25) is 6.79 Å². The molecule has 33 heavy (non-hydrogen) atoms. The second-order valence-electron chi connectivity index (χ2n) is 7.58. The Balaban J connectivity index is 1.15. The van der Waals surface area contributed by atoms with Gasteiger partial charge in [-0.15, -0.1) is 10.2 Å². The van der Waals surface area contributed by atoms with Crippen molar-refractivity contribution in [2.24, 2.45) is 0 Å². The van der Waals surface area contributed by atoms with Gasteiger partial charge in [-0.25, -0.2) is 8.78 Å². The Bertz CT molecular complexity index is 1170. The molecule has 2 aliphatic rings. The third-order valence-electron chi connectivity index (χ3n) is 5.52. The van der Waals surface area contributed by atoms with Crippen LogP contribution in [0.2, 0.25) is 0 Å². The van der Waals surface area contributed by atoms with Gasteiger partial charge in [0.15, 0.2) is 35.5 Å². The minimum absolute atomic E-state index is 0.152. The lowest BCUT2D eigenvalue weighted by atomic mass is 10.1. The van der Waals surface area contributed by atoms with Crippen molar-refractivity contribution in [3.63, 3.8) is 0 Å². The number of piperazine rings is 1. The summed E-state index contributed by atoms with van der Waals surface area (Å²) in [6, 6.07) is 12.4. The van der Waals surface area contributed by atoms with Crippen LogP contribution in [0.25, 0.3) is 11.3 Å². The normalized spacial score (nSPS) is 15.0. The summed E-state index contributed by atoms with van der Waals surface area (Å²) in [5.41, 5.74) is 1.60. The lowest BCUT2D eigenvalue weighted by Gasteiger charge is -2.35. The molecule has 1 fully saturated rings. The van der Waals surface area contributed by atoms with Crippen molar-refractivity contribution in [2.75, 3.05) is 44.5 Å². The zero-order valence-corrected chi connectivity index (χ0v) is 17.5. The zero-order chi connectivity index (χ0) is 22.8. The molecule has 0 unspecified atom stereocenters. The van der Waals surface area contributed by atoms with Gasteiger partial charge in [-0.2, -0.15) is 0 Å². The van der Waals surface area contributed by atoms with Crippen LogP contribution in [0.1, 0.15) is 0 Å². The summed E-state index contributed by atoms with van der Waals surface area (Å²) in [7, 11) is 0. The molecule has 3 aromatic rings. The van der Waals surface area contributed by atoms with Crippen molar-refractivity contribution in [3.05, 3.63) is 60.2 Å². The van der Waals surface area contributed by atoms with Crippen LogP contribution in [-0.4, -0.2) is 60.6 Å². The van der Waals surface area contributed by atoms with Crippen LogP contribution in [0.4, 0.5) is 14.6 Å². The fourth-order valence-electron chi connectivity index (χ4n) is 3.71. The van der Waals surface area contributed by atoms with Gasteiger partial charge in [-0.1, -0.05) is 0 Å². The molecule has 0 bridgehead atoms. The first-order valence-corrected chi connectivity index (χ1v) is 10.4. The van der Waals surface area contributed by atoms with E-state index in [1.54, 1.807) is 4.90 Å². The van der Waals surface area contributed by atoms with E-state index in [1.807, 2.05) is 35.2 Å². The minimum Gasteiger partial charge on any atom is -0.481 e. The van der Waals surface area contributed by atoms with Gasteiger partial charge in [-0.3, -0.25) is 4.79 Å². The smallest absolute Gasteiger partial charge is 0.260 e. The van der Waals surface area contributed by atoms with Crippen LogP contribution in [0.5, 0.6) is 17.2 Å². The number of halogens is 2. The number of benzene rings is 2. The molecule has 0 atom stereocenters. The average Bonchev–Trinajstić information content (AvgIpc) is 3.32. The topological polar surface area (TPSA) is 77.0 Å². The SMILES string of the molecule is O=C(COc1ccc(F)cc1F)N1CCN(c2ccc(-c3ccc4c(c3)OCO4)nn2)CC1. The van der Waals surface area contributed by atoms with Gasteiger partial charge in [-0.05, 0) is 42.5 Å². The van der Waals surface area contributed by atoms with Crippen molar-refractivity contribution < 1.29 is 27.8 Å². The van der Waals surface area contributed by atoms with Gasteiger partial charge in [0.25, 0.3) is 5.91 Å². The standard InChI is InChI=1S/C23H20F2N4O4/c24-16-2-5-19(17(25)12-16)31-13-23(30)29-9-7-28(8-10-29)22-6-3-18(26-27-22)15-1-4-20-21(11-15)33-14-32-20/h1-6,11-12H,7-10,13-14H2. The monoisotopic (exact) mass is 454 g/mol. The van der Waals surface area contributed by atoms with Gasteiger partial charge in [0.05, 0.1) is 5.69 Å². The predicted molar refractivity (Wildman–Crippen MR) is 114 cm³/mol. The molecule has 1 aromatic heterocycles. The van der Waals surface area contributed by atoms with Crippen molar-refractivity contribution in [1.82, 2.24) is 15.1 Å². The summed E-state index contributed by atoms with van der Waals surface area (Å²) in [5, 5.41) is 8.67. The molecule has 0 radical (unpaired) electrons. The second-order valence-corrected chi connectivity index (χ2v) is 7.58. The number of amides is 1. The van der Waals surface area contributed by atoms with Crippen LogP contribution in [0.15, 0.2) is 48.5 Å². The Morgan fingerprint density at radius 3 is 2.52 bits per heavy atom. The zero-order valence-electron chi connectivity index (χ0n) is 17.5. The van der Waals surface area contributed by atoms with E-state index < -0.39 is 11.6 Å². The van der Waals surface area contributed by atoms with Crippen molar-refractivity contribution in [3.8, 4) is 28.5 Å². The first kappa shape index (κ1) is 20.9. The van der Waals surface area contributed by atoms with E-state index in [0.717, 1.165) is 29.2 Å². The summed E-state index contributed by atoms with van der Waals surface area (Å²) < 4.78 is 42.6. The maximum Gasteiger partial charge on any atom is 0.260 e. The largest absolute Gasteiger partial charge is 0.481 e. The van der Waals surface area contributed by atoms with Crippen LogP contribution in [0, 0.1) is 11.6 Å². The van der Waals surface area contributed by atoms with E-state index >= 15 is 0 Å². The Kier molecular flexibility index (Phi) is 5.64. The predicted octanol–water partition coefficient (Wildman–Crippen LogP) is 2.88. The number of hydrogen-bond donors (Lipinski definition) is 0. The van der Waals surface area contributed by atoms with Crippen molar-refractivity contribution in [2.45, 2.75) is 0 Å². The molecule has 2 aromatic carbocycles. The summed E-state index contributed by atoms with van der Waals surface area (Å²) in [4.78, 5) is 16.1. The summed E-state index contributed by atoms with van der Waals surface area (Å²) in [6.07, 6.45) is 0. The van der Waals surface area contributed by atoms with Crippen molar-refractivity contribution >= 4 is 11.7 Å². The number of aromatic nitrogens is 2. The third kappa shape index (κ3) is 4.50. The summed E-state index contributed by atoms with van der Waals surface area (Å²) in [6.45, 7) is 2.00. The molecule has 0 N–H and O–H groups in total. The maximum absolute atomic E-state index is 13.7. The van der Waals surface area contributed by atoms with E-state index in [1.165, 1.54) is 6.07 Å². The Morgan fingerprint density at radius 1 is 0.939 bits per heavy atom. The molecule has 1 amide bonds. The van der Waals surface area contributed by atoms with Gasteiger partial charge in [0.1, 0.15) is 5.82 Å². The molecule has 170 valence electrons. The highest BCUT2D eigenvalue weighted by molar-refractivity contribution is 5.78. The number of fused-ring (bicyclic) bond motifs is 1. The summed E-state index contributed by atoms with van der Waals surface area (Å²) >= 11 is 0. The molecule has 1 saturated heterocycles. The summed E-state index contributed by atoms with van der Waals surface area (Å²) in [5.74, 6) is 0.166. The quantitative estimate of drug-likeness (QED) is 0.587. The Labute approximate surface area is 188 Å². The van der Waals surface area contributed by atoms with Gasteiger partial charge in [0, 0.05) is 37.8 Å². The van der Waals surface area contributed by atoms with Crippen molar-refractivity contribution in [1.29, 1.82) is 0 Å². The molecule has 8 nitrogen and oxygen atoms in total. The number of ether oxygens (including phenoxy) is 3. The fraction of sp³-hybridized carbons (Fsp3) is 0.261. The van der Waals surface area contributed by atoms with E-state index in [9.17, 15) is 13.6 Å². The third-order valence-corrected chi connectivity index (χ3v) is 5.52. The van der Waals surface area contributed by atoms with Gasteiger partial charge >= 0.3 is 0 Å². The molecule has 5 rings (SSSR count). The number of carbonyl (C=O) groups is 1. The highest BCUT2D eigenvalue weighted by Gasteiger charge is 2.23. The minimum atomic E-state index is -0.838. The first-order valence-electron chi connectivity index (χ1n) is 10.4. The molecule has 0 saturated carbocycles. The lowest BCUT2D eigenvalue weighted by Crippen LogP contribution is -2.50. The number of anilines is 1. The highest BCUT2D eigenvalue weighted by atomic mass is 19.1. The van der Waals surface area contributed by atoms with E-state index in [2.05, 4.69) is 10.2 Å². The van der Waals surface area contributed by atoms with Crippen LogP contribution in [-0.2, 0) is 4.79 Å². The van der Waals surface area contributed by atoms with E-state index in [4.69, 9.17) is 14.2 Å². The average molecular weight is 454 g/mol. The molecule has 3 heterocycles. The van der Waals surface area contributed by atoms with Gasteiger partial charge < -0.3 is 24.0 Å². The van der Waals surface area contributed by atoms with Crippen LogP contribution < -0.4 is 19.1 Å². The molecule has 0 aliphatic carbocycles. The number of hydrogen-bond acceptors (Lipinski definition) is 7. The maximum atomic E-state index is 13.7. The molecule has 0 spiro atoms. The lowest BCUT2D eigenvalue weighted by molar-refractivity contribution is -0.133. The number of carbonyl (C=O) groups excluding carboxylic acids is 1. The van der Waals surface area contributed by atoms with E-state index in [-0.39, 0.29) is 25.1 Å². The van der Waals surface area contributed by atoms with Crippen LogP contribution >= 0.6 is 0 Å². The number of nitrogens with zero attached hydrogens (tertiary/aromatic N) is 4. The molecular weight excluding hydrogens is 434 g/mol. The molecular formula is C23H20F2N4O4. The second kappa shape index (κ2) is 8.89. The number of rotatable bonds is 5. The molecule has 2 aliphatic heterocycles.